The molecule has 1 unspecified atom stereocenters. The number of aliphatic hydroxyl groups excluding tert-OH is 1. The van der Waals surface area contributed by atoms with Crippen molar-refractivity contribution in [2.24, 2.45) is 5.92 Å². The quantitative estimate of drug-likeness (QED) is 0.571. The van der Waals surface area contributed by atoms with Gasteiger partial charge in [-0.1, -0.05) is 13.3 Å². The largest absolute Gasteiger partial charge is 0.396 e. The maximum atomic E-state index is 8.59. The molecule has 1 aliphatic rings. The van der Waals surface area contributed by atoms with Gasteiger partial charge < -0.3 is 9.84 Å². The Morgan fingerprint density at radius 2 is 2.44 bits per heavy atom. The van der Waals surface area contributed by atoms with Gasteiger partial charge in [0.1, 0.15) is 0 Å². The molecule has 0 aliphatic carbocycles. The van der Waals surface area contributed by atoms with E-state index in [0.717, 1.165) is 19.4 Å². The van der Waals surface area contributed by atoms with Gasteiger partial charge in [0.2, 0.25) is 0 Å². The highest BCUT2D eigenvalue weighted by atomic mass is 16.6. The summed E-state index contributed by atoms with van der Waals surface area (Å²) >= 11 is 0. The maximum absolute atomic E-state index is 8.59. The summed E-state index contributed by atoms with van der Waals surface area (Å²) < 4.78 is 5.10. The molecule has 2 nitrogen and oxygen atoms in total. The average Bonchev–Trinajstić information content (AvgIpc) is 2.64. The molecular formula is C7H14O2. The van der Waals surface area contributed by atoms with Gasteiger partial charge in [0, 0.05) is 6.61 Å². The van der Waals surface area contributed by atoms with Crippen LogP contribution in [0.3, 0.4) is 0 Å². The zero-order valence-electron chi connectivity index (χ0n) is 5.84. The molecule has 54 valence electrons. The van der Waals surface area contributed by atoms with Gasteiger partial charge in [-0.15, -0.1) is 0 Å². The number of ether oxygens (including phenoxy) is 1. The molecule has 1 fully saturated rings. The highest BCUT2D eigenvalue weighted by Crippen LogP contribution is 2.25. The van der Waals surface area contributed by atoms with Gasteiger partial charge in [0.25, 0.3) is 0 Å². The van der Waals surface area contributed by atoms with E-state index in [1.807, 2.05) is 0 Å². The summed E-state index contributed by atoms with van der Waals surface area (Å²) in [6.45, 7) is 3.36. The predicted octanol–water partition coefficient (Wildman–Crippen LogP) is 0.794. The van der Waals surface area contributed by atoms with Crippen LogP contribution >= 0.6 is 0 Å². The lowest BCUT2D eigenvalue weighted by Crippen LogP contribution is -2.08. The molecule has 9 heavy (non-hydrogen) atoms. The number of hydrogen-bond acceptors (Lipinski definition) is 2. The smallest absolute Gasteiger partial charge is 0.0838 e. The molecule has 0 aromatic heterocycles. The van der Waals surface area contributed by atoms with Gasteiger partial charge in [-0.3, -0.25) is 0 Å². The van der Waals surface area contributed by atoms with E-state index in [2.05, 4.69) is 6.92 Å². The fourth-order valence-corrected chi connectivity index (χ4v) is 1.15. The van der Waals surface area contributed by atoms with Crippen molar-refractivity contribution in [1.82, 2.24) is 0 Å². The van der Waals surface area contributed by atoms with Crippen molar-refractivity contribution in [3.05, 3.63) is 0 Å². The Balaban J connectivity index is 2.12. The molecule has 0 aromatic rings. The molecule has 0 saturated carbocycles. The lowest BCUT2D eigenvalue weighted by atomic mass is 10.00. The van der Waals surface area contributed by atoms with Crippen molar-refractivity contribution >= 4 is 0 Å². The van der Waals surface area contributed by atoms with Crippen LogP contribution < -0.4 is 0 Å². The van der Waals surface area contributed by atoms with Gasteiger partial charge in [-0.25, -0.2) is 0 Å². The Morgan fingerprint density at radius 1 is 1.78 bits per heavy atom. The second kappa shape index (κ2) is 3.18. The summed E-state index contributed by atoms with van der Waals surface area (Å²) in [4.78, 5) is 0. The Hall–Kier alpha value is -0.0800. The molecule has 2 atom stereocenters. The van der Waals surface area contributed by atoms with E-state index in [0.29, 0.717) is 18.6 Å². The Kier molecular flexibility index (Phi) is 2.49. The van der Waals surface area contributed by atoms with Gasteiger partial charge in [0.05, 0.1) is 12.7 Å². The first-order valence-corrected chi connectivity index (χ1v) is 3.61. The Labute approximate surface area is 55.8 Å². The SMILES string of the molecule is CC[C@@H](CCO)C1CO1. The molecule has 1 N–H and O–H groups in total. The number of rotatable bonds is 4. The van der Waals surface area contributed by atoms with Gasteiger partial charge in [-0.05, 0) is 12.3 Å². The summed E-state index contributed by atoms with van der Waals surface area (Å²) in [6.07, 6.45) is 2.51. The minimum atomic E-state index is 0.304. The first-order chi connectivity index (χ1) is 4.38. The van der Waals surface area contributed by atoms with Crippen molar-refractivity contribution in [2.45, 2.75) is 25.9 Å². The summed E-state index contributed by atoms with van der Waals surface area (Å²) in [5, 5.41) is 8.59. The fraction of sp³-hybridized carbons (Fsp3) is 1.00. The molecule has 1 aliphatic heterocycles. The first-order valence-electron chi connectivity index (χ1n) is 3.61. The van der Waals surface area contributed by atoms with Crippen LogP contribution in [0.2, 0.25) is 0 Å². The molecular weight excluding hydrogens is 116 g/mol. The second-order valence-corrected chi connectivity index (χ2v) is 2.55. The minimum Gasteiger partial charge on any atom is -0.396 e. The van der Waals surface area contributed by atoms with Crippen LogP contribution in [0.25, 0.3) is 0 Å². The molecule has 0 aromatic carbocycles. The zero-order valence-corrected chi connectivity index (χ0v) is 5.84. The van der Waals surface area contributed by atoms with Crippen molar-refractivity contribution in [1.29, 1.82) is 0 Å². The van der Waals surface area contributed by atoms with E-state index in [9.17, 15) is 0 Å². The van der Waals surface area contributed by atoms with Gasteiger partial charge in [-0.2, -0.15) is 0 Å². The molecule has 2 heteroatoms. The number of hydrogen-bond donors (Lipinski definition) is 1. The summed E-state index contributed by atoms with van der Waals surface area (Å²) in [5.74, 6) is 0.606. The lowest BCUT2D eigenvalue weighted by Gasteiger charge is -2.07. The molecule has 1 rings (SSSR count). The Bertz CT molecular complexity index is 79.0. The molecule has 0 amide bonds. The second-order valence-electron chi connectivity index (χ2n) is 2.55. The number of epoxide rings is 1. The minimum absolute atomic E-state index is 0.304. The standard InChI is InChI=1S/C7H14O2/c1-2-6(3-4-8)7-5-9-7/h6-8H,2-5H2,1H3/t6-,7?/m0/s1. The van der Waals surface area contributed by atoms with E-state index in [1.165, 1.54) is 0 Å². The van der Waals surface area contributed by atoms with Crippen LogP contribution in [-0.2, 0) is 4.74 Å². The van der Waals surface area contributed by atoms with Gasteiger partial charge in [0.15, 0.2) is 0 Å². The topological polar surface area (TPSA) is 32.8 Å². The molecule has 1 saturated heterocycles. The van der Waals surface area contributed by atoms with Crippen molar-refractivity contribution < 1.29 is 9.84 Å². The van der Waals surface area contributed by atoms with E-state index in [4.69, 9.17) is 9.84 Å². The number of aliphatic hydroxyl groups is 1. The van der Waals surface area contributed by atoms with Crippen molar-refractivity contribution in [2.75, 3.05) is 13.2 Å². The van der Waals surface area contributed by atoms with Crippen LogP contribution in [0.15, 0.2) is 0 Å². The third kappa shape index (κ3) is 1.95. The van der Waals surface area contributed by atoms with Crippen LogP contribution in [0.1, 0.15) is 19.8 Å². The summed E-state index contributed by atoms with van der Waals surface area (Å²) in [6, 6.07) is 0. The van der Waals surface area contributed by atoms with Crippen LogP contribution in [-0.4, -0.2) is 24.4 Å². The monoisotopic (exact) mass is 130 g/mol. The molecule has 0 spiro atoms. The van der Waals surface area contributed by atoms with Crippen LogP contribution in [0.5, 0.6) is 0 Å². The third-order valence-electron chi connectivity index (χ3n) is 1.91. The van der Waals surface area contributed by atoms with E-state index < -0.39 is 0 Å². The first kappa shape index (κ1) is 7.03. The lowest BCUT2D eigenvalue weighted by molar-refractivity contribution is 0.227. The molecule has 0 bridgehead atoms. The normalized spacial score (nSPS) is 28.0. The highest BCUT2D eigenvalue weighted by molar-refractivity contribution is 4.77. The van der Waals surface area contributed by atoms with Crippen molar-refractivity contribution in [3.63, 3.8) is 0 Å². The highest BCUT2D eigenvalue weighted by Gasteiger charge is 2.30. The fourth-order valence-electron chi connectivity index (χ4n) is 1.15. The predicted molar refractivity (Wildman–Crippen MR) is 35.2 cm³/mol. The molecule has 1 heterocycles. The summed E-state index contributed by atoms with van der Waals surface area (Å²) in [7, 11) is 0. The van der Waals surface area contributed by atoms with Crippen molar-refractivity contribution in [3.8, 4) is 0 Å². The third-order valence-corrected chi connectivity index (χ3v) is 1.91. The van der Waals surface area contributed by atoms with E-state index >= 15 is 0 Å². The summed E-state index contributed by atoms with van der Waals surface area (Å²) in [5.41, 5.74) is 0. The Morgan fingerprint density at radius 3 is 2.78 bits per heavy atom. The maximum Gasteiger partial charge on any atom is 0.0838 e. The van der Waals surface area contributed by atoms with E-state index in [1.54, 1.807) is 0 Å². The van der Waals surface area contributed by atoms with Crippen LogP contribution in [0, 0.1) is 5.92 Å². The van der Waals surface area contributed by atoms with Gasteiger partial charge >= 0.3 is 0 Å². The van der Waals surface area contributed by atoms with Crippen LogP contribution in [0.4, 0.5) is 0 Å². The zero-order chi connectivity index (χ0) is 6.69. The molecule has 0 radical (unpaired) electrons. The average molecular weight is 130 g/mol. The van der Waals surface area contributed by atoms with E-state index in [-0.39, 0.29) is 0 Å².